The van der Waals surface area contributed by atoms with Crippen molar-refractivity contribution in [1.29, 1.82) is 0 Å². The van der Waals surface area contributed by atoms with Crippen molar-refractivity contribution in [2.24, 2.45) is 0 Å². The molecule has 114 valence electrons. The third kappa shape index (κ3) is 3.33. The van der Waals surface area contributed by atoms with Gasteiger partial charge in [-0.25, -0.2) is 9.78 Å². The van der Waals surface area contributed by atoms with E-state index < -0.39 is 23.7 Å². The van der Waals surface area contributed by atoms with Crippen LogP contribution < -0.4 is 5.59 Å². The Morgan fingerprint density at radius 1 is 1.29 bits per heavy atom. The highest BCUT2D eigenvalue weighted by atomic mass is 19.4. The topological polar surface area (TPSA) is 47.4 Å². The van der Waals surface area contributed by atoms with Gasteiger partial charge in [-0.05, 0) is 20.8 Å². The van der Waals surface area contributed by atoms with Gasteiger partial charge >= 0.3 is 12.3 Å². The van der Waals surface area contributed by atoms with E-state index in [9.17, 15) is 18.0 Å². The summed E-state index contributed by atoms with van der Waals surface area (Å²) in [5.41, 5.74) is -0.702. The van der Waals surface area contributed by atoms with E-state index in [2.05, 4.69) is 4.98 Å². The molecule has 5 nitrogen and oxygen atoms in total. The number of halogens is 3. The lowest BCUT2D eigenvalue weighted by Gasteiger charge is -2.31. The lowest BCUT2D eigenvalue weighted by Crippen LogP contribution is -2.43. The highest BCUT2D eigenvalue weighted by molar-refractivity contribution is 6.31. The second-order valence-corrected chi connectivity index (χ2v) is 5.82. The number of carbonyl (C=O) groups is 1. The Labute approximate surface area is 121 Å². The molecule has 0 saturated carbocycles. The zero-order chi connectivity index (χ0) is 16.0. The van der Waals surface area contributed by atoms with Gasteiger partial charge in [-0.1, -0.05) is 0 Å². The van der Waals surface area contributed by atoms with Gasteiger partial charge in [0.15, 0.2) is 0 Å². The molecule has 0 spiro atoms. The second-order valence-electron chi connectivity index (χ2n) is 5.82. The van der Waals surface area contributed by atoms with E-state index >= 15 is 0 Å². The summed E-state index contributed by atoms with van der Waals surface area (Å²) < 4.78 is 44.7. The molecule has 1 aliphatic rings. The number of fused-ring (bicyclic) bond motifs is 1. The van der Waals surface area contributed by atoms with Crippen molar-refractivity contribution in [2.45, 2.75) is 45.6 Å². The first kappa shape index (κ1) is 15.7. The smallest absolute Gasteiger partial charge is 0.444 e. The SMILES string of the molecule is [B]c1nc(C(F)(F)F)n2c1CN(C(=O)OC(C)(C)C)CC2. The molecule has 1 aromatic rings. The number of nitrogens with zero attached hydrogens (tertiary/aromatic N) is 3. The average molecular weight is 301 g/mol. The van der Waals surface area contributed by atoms with Crippen LogP contribution in [0.4, 0.5) is 18.0 Å². The number of rotatable bonds is 0. The lowest BCUT2D eigenvalue weighted by molar-refractivity contribution is -0.147. The third-order valence-electron chi connectivity index (χ3n) is 2.94. The van der Waals surface area contributed by atoms with Crippen LogP contribution in [0.1, 0.15) is 32.3 Å². The third-order valence-corrected chi connectivity index (χ3v) is 2.94. The molecule has 2 rings (SSSR count). The zero-order valence-corrected chi connectivity index (χ0v) is 12.0. The molecule has 0 aliphatic carbocycles. The molecule has 1 amide bonds. The van der Waals surface area contributed by atoms with Gasteiger partial charge in [0.2, 0.25) is 5.82 Å². The Hall–Kier alpha value is -1.67. The average Bonchev–Trinajstić information content (AvgIpc) is 2.64. The zero-order valence-electron chi connectivity index (χ0n) is 12.0. The van der Waals surface area contributed by atoms with Gasteiger partial charge in [0.25, 0.3) is 0 Å². The van der Waals surface area contributed by atoms with Gasteiger partial charge in [-0.2, -0.15) is 13.2 Å². The summed E-state index contributed by atoms with van der Waals surface area (Å²) in [5.74, 6) is -1.03. The Balaban J connectivity index is 2.22. The van der Waals surface area contributed by atoms with E-state index in [4.69, 9.17) is 12.6 Å². The summed E-state index contributed by atoms with van der Waals surface area (Å²) in [4.78, 5) is 16.6. The Morgan fingerprint density at radius 2 is 1.90 bits per heavy atom. The normalized spacial score (nSPS) is 15.8. The number of hydrogen-bond donors (Lipinski definition) is 0. The highest BCUT2D eigenvalue weighted by Gasteiger charge is 2.40. The molecule has 9 heteroatoms. The van der Waals surface area contributed by atoms with Crippen LogP contribution in [0.25, 0.3) is 0 Å². The van der Waals surface area contributed by atoms with Crippen LogP contribution in [0.3, 0.4) is 0 Å². The Bertz CT molecular complexity index is 563. The molecular weight excluding hydrogens is 286 g/mol. The molecule has 2 heterocycles. The maximum absolute atomic E-state index is 12.8. The molecule has 0 saturated heterocycles. The summed E-state index contributed by atoms with van der Waals surface area (Å²) in [5, 5.41) is 0. The van der Waals surface area contributed by atoms with Crippen molar-refractivity contribution in [1.82, 2.24) is 14.5 Å². The number of amides is 1. The molecular formula is C12H15BF3N3O2. The van der Waals surface area contributed by atoms with Crippen molar-refractivity contribution in [2.75, 3.05) is 6.54 Å². The van der Waals surface area contributed by atoms with E-state index in [1.807, 2.05) is 0 Å². The number of imidazole rings is 1. The minimum absolute atomic E-state index is 0.0202. The molecule has 1 aliphatic heterocycles. The van der Waals surface area contributed by atoms with Gasteiger partial charge in [-0.15, -0.1) is 0 Å². The molecule has 21 heavy (non-hydrogen) atoms. The first-order valence-electron chi connectivity index (χ1n) is 6.39. The van der Waals surface area contributed by atoms with Crippen LogP contribution in [0.5, 0.6) is 0 Å². The summed E-state index contributed by atoms with van der Waals surface area (Å²) in [6.45, 7) is 5.19. The summed E-state index contributed by atoms with van der Waals surface area (Å²) in [7, 11) is 5.54. The summed E-state index contributed by atoms with van der Waals surface area (Å²) in [6.07, 6.45) is -5.15. The number of alkyl halides is 3. The van der Waals surface area contributed by atoms with Crippen LogP contribution in [0.2, 0.25) is 0 Å². The highest BCUT2D eigenvalue weighted by Crippen LogP contribution is 2.29. The molecule has 0 bridgehead atoms. The maximum atomic E-state index is 12.8. The van der Waals surface area contributed by atoms with Crippen LogP contribution in [0, 0.1) is 0 Å². The van der Waals surface area contributed by atoms with E-state index in [1.165, 1.54) is 4.90 Å². The molecule has 1 aromatic heterocycles. The minimum Gasteiger partial charge on any atom is -0.444 e. The number of aromatic nitrogens is 2. The Morgan fingerprint density at radius 3 is 2.43 bits per heavy atom. The minimum atomic E-state index is -4.57. The monoisotopic (exact) mass is 301 g/mol. The lowest BCUT2D eigenvalue weighted by atomic mass is 10.0. The van der Waals surface area contributed by atoms with Gasteiger partial charge < -0.3 is 14.2 Å². The first-order valence-corrected chi connectivity index (χ1v) is 6.39. The second kappa shape index (κ2) is 4.96. The molecule has 2 radical (unpaired) electrons. The van der Waals surface area contributed by atoms with Crippen molar-refractivity contribution in [3.63, 3.8) is 0 Å². The first-order chi connectivity index (χ1) is 9.49. The van der Waals surface area contributed by atoms with Crippen LogP contribution in [0.15, 0.2) is 0 Å². The predicted molar refractivity (Wildman–Crippen MR) is 69.3 cm³/mol. The molecule has 0 N–H and O–H groups in total. The quantitative estimate of drug-likeness (QED) is 0.681. The predicted octanol–water partition coefficient (Wildman–Crippen LogP) is 1.45. The Kier molecular flexibility index (Phi) is 3.71. The largest absolute Gasteiger partial charge is 0.449 e. The van der Waals surface area contributed by atoms with E-state index in [-0.39, 0.29) is 30.9 Å². The van der Waals surface area contributed by atoms with Crippen molar-refractivity contribution >= 4 is 19.5 Å². The molecule has 0 aromatic carbocycles. The van der Waals surface area contributed by atoms with Gasteiger partial charge in [-0.3, -0.25) is 0 Å². The fraction of sp³-hybridized carbons (Fsp3) is 0.667. The van der Waals surface area contributed by atoms with Crippen LogP contribution >= 0.6 is 0 Å². The number of hydrogen-bond acceptors (Lipinski definition) is 3. The van der Waals surface area contributed by atoms with Crippen molar-refractivity contribution < 1.29 is 22.7 Å². The van der Waals surface area contributed by atoms with Gasteiger partial charge in [0, 0.05) is 24.4 Å². The van der Waals surface area contributed by atoms with Crippen molar-refractivity contribution in [3.05, 3.63) is 11.5 Å². The maximum Gasteiger partial charge on any atom is 0.449 e. The standard InChI is InChI=1S/C12H15BF3N3O2/c1-11(2,3)21-10(20)18-4-5-19-7(6-18)8(13)17-9(19)12(14,15)16/h4-6H2,1-3H3. The van der Waals surface area contributed by atoms with E-state index in [1.54, 1.807) is 20.8 Å². The van der Waals surface area contributed by atoms with E-state index in [0.29, 0.717) is 0 Å². The van der Waals surface area contributed by atoms with Crippen molar-refractivity contribution in [3.8, 4) is 0 Å². The van der Waals surface area contributed by atoms with E-state index in [0.717, 1.165) is 4.57 Å². The fourth-order valence-electron chi connectivity index (χ4n) is 2.09. The summed E-state index contributed by atoms with van der Waals surface area (Å²) in [6, 6.07) is 0. The summed E-state index contributed by atoms with van der Waals surface area (Å²) >= 11 is 0. The number of ether oxygens (including phenoxy) is 1. The van der Waals surface area contributed by atoms with Gasteiger partial charge in [0.05, 0.1) is 6.54 Å². The number of carbonyl (C=O) groups excluding carboxylic acids is 1. The van der Waals surface area contributed by atoms with Gasteiger partial charge in [0.1, 0.15) is 13.4 Å². The fourth-order valence-corrected chi connectivity index (χ4v) is 2.09. The molecule has 0 atom stereocenters. The van der Waals surface area contributed by atoms with Crippen LogP contribution in [-0.4, -0.2) is 40.5 Å². The molecule has 0 fully saturated rings. The van der Waals surface area contributed by atoms with Crippen LogP contribution in [-0.2, 0) is 24.0 Å². The molecule has 0 unspecified atom stereocenters.